The van der Waals surface area contributed by atoms with Crippen LogP contribution < -0.4 is 0 Å². The molecule has 1 aromatic carbocycles. The van der Waals surface area contributed by atoms with Gasteiger partial charge in [0.25, 0.3) is 0 Å². The minimum atomic E-state index is 1.19. The van der Waals surface area contributed by atoms with Crippen molar-refractivity contribution in [3.8, 4) is 0 Å². The monoisotopic (exact) mass is 263 g/mol. The first-order valence-electron chi connectivity index (χ1n) is 5.46. The number of hydrogen-bond acceptors (Lipinski definition) is 0. The fourth-order valence-electron chi connectivity index (χ4n) is 2.72. The number of aryl methyl sites for hydroxylation is 3. The van der Waals surface area contributed by atoms with E-state index in [-0.39, 0.29) is 0 Å². The van der Waals surface area contributed by atoms with Gasteiger partial charge in [0.1, 0.15) is 0 Å². The van der Waals surface area contributed by atoms with Gasteiger partial charge in [0, 0.05) is 22.1 Å². The van der Waals surface area contributed by atoms with Crippen LogP contribution in [0, 0.1) is 13.8 Å². The standard InChI is InChI=1S/C13H14BrN/c1-8-9(2)15-5-3-4-10-6-11(14)7-12(8)13(10)15/h6-7H,3-5H2,1-2H3. The Bertz CT molecular complexity index is 551. The first-order valence-corrected chi connectivity index (χ1v) is 6.25. The third kappa shape index (κ3) is 1.21. The molecule has 0 fully saturated rings. The molecule has 0 aliphatic carbocycles. The molecule has 0 unspecified atom stereocenters. The minimum Gasteiger partial charge on any atom is -0.344 e. The summed E-state index contributed by atoms with van der Waals surface area (Å²) in [5.74, 6) is 0. The predicted octanol–water partition coefficient (Wildman–Crippen LogP) is 3.97. The summed E-state index contributed by atoms with van der Waals surface area (Å²) in [4.78, 5) is 0. The van der Waals surface area contributed by atoms with Gasteiger partial charge >= 0.3 is 0 Å². The third-order valence-electron chi connectivity index (χ3n) is 3.60. The molecule has 1 nitrogen and oxygen atoms in total. The van der Waals surface area contributed by atoms with Crippen molar-refractivity contribution in [3.63, 3.8) is 0 Å². The SMILES string of the molecule is Cc1c(C)n2c3c(cc(Br)cc13)CCC2. The highest BCUT2D eigenvalue weighted by Crippen LogP contribution is 2.34. The number of aromatic nitrogens is 1. The maximum Gasteiger partial charge on any atom is 0.0518 e. The van der Waals surface area contributed by atoms with Crippen molar-refractivity contribution in [2.45, 2.75) is 33.2 Å². The summed E-state index contributed by atoms with van der Waals surface area (Å²) in [6, 6.07) is 4.53. The Morgan fingerprint density at radius 3 is 2.87 bits per heavy atom. The van der Waals surface area contributed by atoms with Crippen molar-refractivity contribution in [2.24, 2.45) is 0 Å². The summed E-state index contributed by atoms with van der Waals surface area (Å²) in [5.41, 5.74) is 5.85. The van der Waals surface area contributed by atoms with Crippen molar-refractivity contribution < 1.29 is 0 Å². The van der Waals surface area contributed by atoms with Crippen LogP contribution in [0.15, 0.2) is 16.6 Å². The first kappa shape index (κ1) is 9.46. The van der Waals surface area contributed by atoms with E-state index in [1.165, 1.54) is 51.6 Å². The van der Waals surface area contributed by atoms with E-state index in [0.29, 0.717) is 0 Å². The second-order valence-corrected chi connectivity index (χ2v) is 5.34. The molecule has 0 amide bonds. The van der Waals surface area contributed by atoms with Gasteiger partial charge in [-0.25, -0.2) is 0 Å². The summed E-state index contributed by atoms with van der Waals surface area (Å²) in [7, 11) is 0. The highest BCUT2D eigenvalue weighted by Gasteiger charge is 2.18. The van der Waals surface area contributed by atoms with Gasteiger partial charge in [0.2, 0.25) is 0 Å². The molecular formula is C13H14BrN. The highest BCUT2D eigenvalue weighted by molar-refractivity contribution is 9.10. The molecule has 0 spiro atoms. The molecule has 3 rings (SSSR count). The lowest BCUT2D eigenvalue weighted by Gasteiger charge is -2.17. The molecule has 0 saturated heterocycles. The molecule has 78 valence electrons. The van der Waals surface area contributed by atoms with Gasteiger partial charge in [0.05, 0.1) is 5.52 Å². The number of nitrogens with zero attached hydrogens (tertiary/aromatic N) is 1. The number of rotatable bonds is 0. The molecule has 0 bridgehead atoms. The Labute approximate surface area is 98.2 Å². The van der Waals surface area contributed by atoms with Gasteiger partial charge in [-0.2, -0.15) is 0 Å². The molecule has 0 radical (unpaired) electrons. The van der Waals surface area contributed by atoms with Gasteiger partial charge < -0.3 is 4.57 Å². The lowest BCUT2D eigenvalue weighted by Crippen LogP contribution is -2.08. The molecule has 1 aromatic heterocycles. The zero-order valence-electron chi connectivity index (χ0n) is 9.10. The normalized spacial score (nSPS) is 14.9. The molecule has 0 N–H and O–H groups in total. The zero-order chi connectivity index (χ0) is 10.6. The fraction of sp³-hybridized carbons (Fsp3) is 0.385. The van der Waals surface area contributed by atoms with Crippen LogP contribution in [0.4, 0.5) is 0 Å². The lowest BCUT2D eigenvalue weighted by atomic mass is 10.0. The zero-order valence-corrected chi connectivity index (χ0v) is 10.7. The van der Waals surface area contributed by atoms with Gasteiger partial charge in [-0.05, 0) is 49.9 Å². The van der Waals surface area contributed by atoms with E-state index < -0.39 is 0 Å². The summed E-state index contributed by atoms with van der Waals surface area (Å²) in [5, 5.41) is 1.43. The van der Waals surface area contributed by atoms with Crippen LogP contribution in [0.1, 0.15) is 23.2 Å². The minimum absolute atomic E-state index is 1.19. The predicted molar refractivity (Wildman–Crippen MR) is 67.4 cm³/mol. The Morgan fingerprint density at radius 1 is 1.27 bits per heavy atom. The summed E-state index contributed by atoms with van der Waals surface area (Å²) >= 11 is 3.61. The Hall–Kier alpha value is -0.760. The number of halogens is 1. The summed E-state index contributed by atoms with van der Waals surface area (Å²) < 4.78 is 3.70. The summed E-state index contributed by atoms with van der Waals surface area (Å²) in [6.45, 7) is 5.65. The second-order valence-electron chi connectivity index (χ2n) is 4.43. The van der Waals surface area contributed by atoms with Gasteiger partial charge in [-0.1, -0.05) is 15.9 Å². The highest BCUT2D eigenvalue weighted by atomic mass is 79.9. The maximum absolute atomic E-state index is 3.61. The van der Waals surface area contributed by atoms with Crippen LogP contribution in [-0.4, -0.2) is 4.57 Å². The van der Waals surface area contributed by atoms with Crippen LogP contribution in [-0.2, 0) is 13.0 Å². The third-order valence-corrected chi connectivity index (χ3v) is 4.06. The van der Waals surface area contributed by atoms with Crippen molar-refractivity contribution in [1.82, 2.24) is 4.57 Å². The van der Waals surface area contributed by atoms with E-state index in [1.54, 1.807) is 0 Å². The van der Waals surface area contributed by atoms with Crippen LogP contribution >= 0.6 is 15.9 Å². The molecule has 1 aliphatic heterocycles. The molecule has 15 heavy (non-hydrogen) atoms. The van der Waals surface area contributed by atoms with Gasteiger partial charge in [0.15, 0.2) is 0 Å². The van der Waals surface area contributed by atoms with E-state index in [4.69, 9.17) is 0 Å². The second kappa shape index (κ2) is 3.11. The van der Waals surface area contributed by atoms with Gasteiger partial charge in [-0.3, -0.25) is 0 Å². The smallest absolute Gasteiger partial charge is 0.0518 e. The van der Waals surface area contributed by atoms with E-state index in [2.05, 4.69) is 46.5 Å². The average molecular weight is 264 g/mol. The van der Waals surface area contributed by atoms with Crippen LogP contribution in [0.5, 0.6) is 0 Å². The van der Waals surface area contributed by atoms with Crippen LogP contribution in [0.3, 0.4) is 0 Å². The topological polar surface area (TPSA) is 4.93 Å². The van der Waals surface area contributed by atoms with Crippen LogP contribution in [0.25, 0.3) is 10.9 Å². The largest absolute Gasteiger partial charge is 0.344 e. The van der Waals surface area contributed by atoms with Crippen LogP contribution in [0.2, 0.25) is 0 Å². The van der Waals surface area contributed by atoms with E-state index in [1.807, 2.05) is 0 Å². The van der Waals surface area contributed by atoms with E-state index >= 15 is 0 Å². The molecule has 0 saturated carbocycles. The molecule has 0 atom stereocenters. The van der Waals surface area contributed by atoms with Crippen molar-refractivity contribution >= 4 is 26.8 Å². The van der Waals surface area contributed by atoms with Gasteiger partial charge in [-0.15, -0.1) is 0 Å². The number of hydrogen-bond donors (Lipinski definition) is 0. The molecule has 1 aliphatic rings. The van der Waals surface area contributed by atoms with Crippen molar-refractivity contribution in [1.29, 1.82) is 0 Å². The molecule has 2 heterocycles. The quantitative estimate of drug-likeness (QED) is 0.678. The Kier molecular flexibility index (Phi) is 1.96. The maximum atomic E-state index is 3.61. The fourth-order valence-corrected chi connectivity index (χ4v) is 3.23. The molecule has 2 aromatic rings. The number of benzene rings is 1. The van der Waals surface area contributed by atoms with E-state index in [9.17, 15) is 0 Å². The molecular weight excluding hydrogens is 250 g/mol. The van der Waals surface area contributed by atoms with Crippen molar-refractivity contribution in [2.75, 3.05) is 0 Å². The Morgan fingerprint density at radius 2 is 2.07 bits per heavy atom. The average Bonchev–Trinajstić information content (AvgIpc) is 2.46. The first-order chi connectivity index (χ1) is 7.18. The molecule has 2 heteroatoms. The van der Waals surface area contributed by atoms with Crippen molar-refractivity contribution in [3.05, 3.63) is 33.4 Å². The lowest BCUT2D eigenvalue weighted by molar-refractivity contribution is 0.622. The Balaban J connectivity index is 2.53. The van der Waals surface area contributed by atoms with E-state index in [0.717, 1.165) is 0 Å². The summed E-state index contributed by atoms with van der Waals surface area (Å²) in [6.07, 6.45) is 2.49.